The average Bonchev–Trinajstić information content (AvgIpc) is 3.28. The zero-order chi connectivity index (χ0) is 29.6. The molecule has 2 heterocycles. The van der Waals surface area contributed by atoms with Crippen LogP contribution in [-0.2, 0) is 19.2 Å². The van der Waals surface area contributed by atoms with Gasteiger partial charge in [0.25, 0.3) is 11.8 Å². The Morgan fingerprint density at radius 2 is 1.68 bits per heavy atom. The summed E-state index contributed by atoms with van der Waals surface area (Å²) in [5.41, 5.74) is 1.56. The number of fused-ring (bicyclic) bond motifs is 4. The summed E-state index contributed by atoms with van der Waals surface area (Å²) in [7, 11) is 2.69. The lowest BCUT2D eigenvalue weighted by atomic mass is 9.56. The summed E-state index contributed by atoms with van der Waals surface area (Å²) in [5.74, 6) is -5.99. The molecule has 1 N–H and O–H groups in total. The fourth-order valence-electron chi connectivity index (χ4n) is 7.13. The van der Waals surface area contributed by atoms with E-state index >= 15 is 0 Å². The lowest BCUT2D eigenvalue weighted by Gasteiger charge is -2.50. The number of phenolic OH excluding ortho intramolecular Hbond substituents is 1. The molecule has 2 aromatic rings. The molecule has 2 aliphatic heterocycles. The summed E-state index contributed by atoms with van der Waals surface area (Å²) in [6.45, 7) is 1.42. The summed E-state index contributed by atoms with van der Waals surface area (Å²) in [6.07, 6.45) is 1.82. The zero-order valence-corrected chi connectivity index (χ0v) is 23.9. The molecule has 212 valence electrons. The molecule has 4 aliphatic rings. The molecule has 2 aliphatic carbocycles. The highest BCUT2D eigenvalue weighted by atomic mass is 35.5. The molecular weight excluding hydrogens is 571 g/mol. The van der Waals surface area contributed by atoms with Crippen molar-refractivity contribution < 1.29 is 33.8 Å². The first kappa shape index (κ1) is 27.5. The maximum Gasteiger partial charge on any atom is 0.253 e. The molecule has 0 spiro atoms. The lowest BCUT2D eigenvalue weighted by Crippen LogP contribution is -2.60. The third kappa shape index (κ3) is 3.45. The van der Waals surface area contributed by atoms with Gasteiger partial charge < -0.3 is 9.84 Å². The van der Waals surface area contributed by atoms with Crippen LogP contribution >= 0.6 is 23.2 Å². The first-order chi connectivity index (χ1) is 19.4. The van der Waals surface area contributed by atoms with Crippen molar-refractivity contribution in [2.24, 2.45) is 17.8 Å². The zero-order valence-electron chi connectivity index (χ0n) is 22.4. The van der Waals surface area contributed by atoms with Gasteiger partial charge in [-0.25, -0.2) is 0 Å². The summed E-state index contributed by atoms with van der Waals surface area (Å²) in [6, 6.07) is 11.0. The Labute approximate surface area is 245 Å². The molecule has 4 amide bonds. The summed E-state index contributed by atoms with van der Waals surface area (Å²) < 4.78 is 5.30. The highest BCUT2D eigenvalue weighted by molar-refractivity contribution is 6.53. The Bertz CT molecular complexity index is 1590. The molecule has 0 bridgehead atoms. The number of allylic oxidation sites excluding steroid dienone is 2. The van der Waals surface area contributed by atoms with Gasteiger partial charge in [-0.3, -0.25) is 33.8 Å². The number of hydrogen-bond acceptors (Lipinski definition) is 7. The van der Waals surface area contributed by atoms with Crippen molar-refractivity contribution in [1.29, 1.82) is 0 Å². The number of para-hydroxylation sites is 1. The number of ether oxygens (including phenoxy) is 1. The highest BCUT2D eigenvalue weighted by Crippen LogP contribution is 2.66. The Morgan fingerprint density at radius 3 is 2.32 bits per heavy atom. The first-order valence-electron chi connectivity index (χ1n) is 13.1. The predicted octanol–water partition coefficient (Wildman–Crippen LogP) is 3.80. The van der Waals surface area contributed by atoms with Crippen molar-refractivity contribution in [3.63, 3.8) is 0 Å². The monoisotopic (exact) mass is 596 g/mol. The molecule has 11 heteroatoms. The van der Waals surface area contributed by atoms with E-state index in [0.29, 0.717) is 16.8 Å². The number of carbonyl (C=O) groups is 5. The summed E-state index contributed by atoms with van der Waals surface area (Å²) in [5, 5.41) is 11.2. The van der Waals surface area contributed by atoms with Gasteiger partial charge in [0.15, 0.2) is 27.0 Å². The minimum Gasteiger partial charge on any atom is -0.504 e. The maximum atomic E-state index is 14.0. The van der Waals surface area contributed by atoms with Gasteiger partial charge in [-0.1, -0.05) is 23.8 Å². The second-order valence-corrected chi connectivity index (χ2v) is 12.3. The molecule has 9 nitrogen and oxygen atoms in total. The quantitative estimate of drug-likeness (QED) is 0.246. The van der Waals surface area contributed by atoms with Gasteiger partial charge in [0.1, 0.15) is 0 Å². The van der Waals surface area contributed by atoms with E-state index in [-0.39, 0.29) is 35.7 Å². The van der Waals surface area contributed by atoms with Gasteiger partial charge >= 0.3 is 0 Å². The third-order valence-electron chi connectivity index (χ3n) is 9.11. The number of anilines is 1. The van der Waals surface area contributed by atoms with Crippen molar-refractivity contribution in [1.82, 2.24) is 4.90 Å². The topological polar surface area (TPSA) is 121 Å². The van der Waals surface area contributed by atoms with Crippen LogP contribution in [0.25, 0.3) is 0 Å². The van der Waals surface area contributed by atoms with Crippen molar-refractivity contribution in [3.05, 3.63) is 65.2 Å². The molecule has 6 unspecified atom stereocenters. The fraction of sp³-hybridized carbons (Fsp3) is 0.367. The van der Waals surface area contributed by atoms with Gasteiger partial charge in [0.2, 0.25) is 11.8 Å². The SMILES string of the molecule is COc1cccc(C2C3=CCC4C(=O)N(c5ccc(C(C)=O)cc5)C(=O)C4C3CC3(Cl)C(=O)N(C)C(=O)C23Cl)c1O. The number of amides is 4. The number of ketones is 1. The largest absolute Gasteiger partial charge is 0.504 e. The van der Waals surface area contributed by atoms with Crippen LogP contribution in [0.2, 0.25) is 0 Å². The van der Waals surface area contributed by atoms with E-state index in [4.69, 9.17) is 27.9 Å². The number of Topliss-reactive ketones (excluding diaryl/α,β-unsaturated/α-hetero) is 1. The standard InChI is InChI=1S/C30H26Cl2N2O7/c1-14(35)15-7-9-16(10-8-15)34-25(37)18-12-11-17-20(22(18)26(34)38)13-29(31)27(39)33(2)28(40)30(29,32)23(17)19-5-4-6-21(41-3)24(19)36/h4-11,18,20,22-23,36H,12-13H2,1-3H3. The maximum absolute atomic E-state index is 14.0. The van der Waals surface area contributed by atoms with Gasteiger partial charge in [-0.2, -0.15) is 0 Å². The van der Waals surface area contributed by atoms with Gasteiger partial charge in [-0.15, -0.1) is 23.2 Å². The van der Waals surface area contributed by atoms with Crippen LogP contribution in [0.1, 0.15) is 41.6 Å². The number of phenols is 1. The smallest absolute Gasteiger partial charge is 0.253 e. The number of benzene rings is 2. The minimum absolute atomic E-state index is 0.136. The average molecular weight is 597 g/mol. The Kier molecular flexibility index (Phi) is 6.14. The van der Waals surface area contributed by atoms with E-state index in [9.17, 15) is 29.1 Å². The van der Waals surface area contributed by atoms with Crippen LogP contribution in [0.3, 0.4) is 0 Å². The number of rotatable bonds is 4. The highest BCUT2D eigenvalue weighted by Gasteiger charge is 2.76. The van der Waals surface area contributed by atoms with Crippen molar-refractivity contribution in [2.75, 3.05) is 19.1 Å². The van der Waals surface area contributed by atoms with Crippen LogP contribution in [0.15, 0.2) is 54.1 Å². The lowest BCUT2D eigenvalue weighted by molar-refractivity contribution is -0.138. The predicted molar refractivity (Wildman–Crippen MR) is 149 cm³/mol. The molecule has 41 heavy (non-hydrogen) atoms. The van der Waals surface area contributed by atoms with E-state index in [1.54, 1.807) is 48.5 Å². The van der Waals surface area contributed by atoms with E-state index in [1.165, 1.54) is 21.1 Å². The van der Waals surface area contributed by atoms with E-state index < -0.39 is 57.0 Å². The van der Waals surface area contributed by atoms with E-state index in [1.807, 2.05) is 0 Å². The van der Waals surface area contributed by atoms with Gasteiger partial charge in [-0.05, 0) is 56.0 Å². The molecule has 6 rings (SSSR count). The van der Waals surface area contributed by atoms with Crippen LogP contribution in [-0.4, -0.2) is 63.3 Å². The Morgan fingerprint density at radius 1 is 1.00 bits per heavy atom. The Hall–Kier alpha value is -3.69. The number of imide groups is 2. The second kappa shape index (κ2) is 9.16. The van der Waals surface area contributed by atoms with Gasteiger partial charge in [0.05, 0.1) is 24.6 Å². The van der Waals surface area contributed by atoms with Crippen molar-refractivity contribution >= 4 is 58.3 Å². The molecule has 2 aromatic carbocycles. The number of carbonyl (C=O) groups excluding carboxylic acids is 5. The normalized spacial score (nSPS) is 32.5. The summed E-state index contributed by atoms with van der Waals surface area (Å²) in [4.78, 5) is 64.6. The van der Waals surface area contributed by atoms with E-state index in [0.717, 1.165) is 9.80 Å². The first-order valence-corrected chi connectivity index (χ1v) is 13.9. The summed E-state index contributed by atoms with van der Waals surface area (Å²) >= 11 is 14.3. The minimum atomic E-state index is -2.01. The van der Waals surface area contributed by atoms with Crippen molar-refractivity contribution in [2.45, 2.75) is 35.4 Å². The van der Waals surface area contributed by atoms with Crippen LogP contribution in [0, 0.1) is 17.8 Å². The molecule has 0 aromatic heterocycles. The van der Waals surface area contributed by atoms with E-state index in [2.05, 4.69) is 0 Å². The Balaban J connectivity index is 1.50. The van der Waals surface area contributed by atoms with Crippen LogP contribution < -0.4 is 9.64 Å². The number of hydrogen-bond donors (Lipinski definition) is 1. The van der Waals surface area contributed by atoms with Crippen LogP contribution in [0.5, 0.6) is 11.5 Å². The third-order valence-corrected chi connectivity index (χ3v) is 10.5. The number of nitrogens with zero attached hydrogens (tertiary/aromatic N) is 2. The molecule has 6 atom stereocenters. The number of aromatic hydroxyl groups is 1. The van der Waals surface area contributed by atoms with Gasteiger partial charge in [0, 0.05) is 24.1 Å². The molecule has 3 fully saturated rings. The second-order valence-electron chi connectivity index (χ2n) is 11.0. The van der Waals surface area contributed by atoms with Crippen LogP contribution in [0.4, 0.5) is 5.69 Å². The number of halogens is 2. The number of likely N-dealkylation sites (tertiary alicyclic amines) is 1. The fourth-order valence-corrected chi connectivity index (χ4v) is 8.14. The van der Waals surface area contributed by atoms with Crippen molar-refractivity contribution in [3.8, 4) is 11.5 Å². The molecular formula is C30H26Cl2N2O7. The number of alkyl halides is 2. The number of methoxy groups -OCH3 is 1. The molecule has 2 saturated heterocycles. The molecule has 0 radical (unpaired) electrons. The molecule has 1 saturated carbocycles.